The van der Waals surface area contributed by atoms with Crippen molar-refractivity contribution in [3.63, 3.8) is 0 Å². The van der Waals surface area contributed by atoms with Crippen molar-refractivity contribution in [3.8, 4) is 0 Å². The molecule has 4 aromatic rings. The molecule has 1 N–H and O–H groups in total. The highest BCUT2D eigenvalue weighted by Crippen LogP contribution is 2.21. The Kier molecular flexibility index (Phi) is 6.57. The molecule has 7 heteroatoms. The lowest BCUT2D eigenvalue weighted by Gasteiger charge is -2.34. The molecule has 2 heterocycles. The molecular formula is C29H30N4O3. The summed E-state index contributed by atoms with van der Waals surface area (Å²) in [6, 6.07) is 20.8. The maximum Gasteiger partial charge on any atom is 0.242 e. The number of carbonyl (C=O) groups excluding carboxylic acids is 2. The normalized spacial score (nSPS) is 14.3. The van der Waals surface area contributed by atoms with E-state index in [1.165, 1.54) is 0 Å². The van der Waals surface area contributed by atoms with Gasteiger partial charge in [-0.15, -0.1) is 0 Å². The first-order chi connectivity index (χ1) is 17.4. The van der Waals surface area contributed by atoms with Crippen LogP contribution in [0.25, 0.3) is 21.8 Å². The molecule has 0 saturated carbocycles. The van der Waals surface area contributed by atoms with E-state index < -0.39 is 0 Å². The summed E-state index contributed by atoms with van der Waals surface area (Å²) in [7, 11) is 0. The molecule has 1 fully saturated rings. The second kappa shape index (κ2) is 9.95. The van der Waals surface area contributed by atoms with Gasteiger partial charge in [0.05, 0.1) is 17.6 Å². The SMILES string of the molecule is Cc1cccc(C)c1NC(=O)CN1CCN(C(=O)Cn2c3ccccc3c(=O)c3ccccc32)CC1. The zero-order valence-corrected chi connectivity index (χ0v) is 20.7. The molecule has 0 bridgehead atoms. The zero-order chi connectivity index (χ0) is 25.2. The van der Waals surface area contributed by atoms with Crippen molar-refractivity contribution in [1.29, 1.82) is 0 Å². The molecule has 1 aliphatic heterocycles. The fourth-order valence-corrected chi connectivity index (χ4v) is 5.03. The Balaban J connectivity index is 1.26. The van der Waals surface area contributed by atoms with Crippen molar-refractivity contribution in [2.75, 3.05) is 38.0 Å². The van der Waals surface area contributed by atoms with Gasteiger partial charge in [0.2, 0.25) is 11.8 Å². The molecule has 0 aliphatic carbocycles. The van der Waals surface area contributed by atoms with Crippen LogP contribution in [0.3, 0.4) is 0 Å². The summed E-state index contributed by atoms with van der Waals surface area (Å²) in [6.45, 7) is 6.83. The maximum atomic E-state index is 13.3. The highest BCUT2D eigenvalue weighted by molar-refractivity contribution is 5.95. The molecule has 1 saturated heterocycles. The number of fused-ring (bicyclic) bond motifs is 2. The van der Waals surface area contributed by atoms with E-state index in [1.807, 2.05) is 90.0 Å². The van der Waals surface area contributed by atoms with Crippen LogP contribution in [0.15, 0.2) is 71.5 Å². The molecule has 0 atom stereocenters. The van der Waals surface area contributed by atoms with E-state index in [4.69, 9.17) is 0 Å². The molecular weight excluding hydrogens is 452 g/mol. The van der Waals surface area contributed by atoms with Crippen molar-refractivity contribution < 1.29 is 9.59 Å². The summed E-state index contributed by atoms with van der Waals surface area (Å²) >= 11 is 0. The Hall–Kier alpha value is -3.97. The minimum Gasteiger partial charge on any atom is -0.339 e. The van der Waals surface area contributed by atoms with Gasteiger partial charge >= 0.3 is 0 Å². The summed E-state index contributed by atoms with van der Waals surface area (Å²) < 4.78 is 1.94. The van der Waals surface area contributed by atoms with Crippen LogP contribution in [0.4, 0.5) is 5.69 Å². The van der Waals surface area contributed by atoms with Gasteiger partial charge in [0.15, 0.2) is 5.43 Å². The van der Waals surface area contributed by atoms with Crippen molar-refractivity contribution in [2.45, 2.75) is 20.4 Å². The molecule has 3 aromatic carbocycles. The minimum absolute atomic E-state index is 0.00796. The molecule has 1 aliphatic rings. The summed E-state index contributed by atoms with van der Waals surface area (Å²) in [5, 5.41) is 4.27. The van der Waals surface area contributed by atoms with E-state index >= 15 is 0 Å². The van der Waals surface area contributed by atoms with Crippen LogP contribution >= 0.6 is 0 Å². The second-order valence-corrected chi connectivity index (χ2v) is 9.42. The number of hydrogen-bond donors (Lipinski definition) is 1. The molecule has 0 spiro atoms. The number of anilines is 1. The van der Waals surface area contributed by atoms with E-state index in [2.05, 4.69) is 10.2 Å². The van der Waals surface area contributed by atoms with Crippen molar-refractivity contribution in [2.24, 2.45) is 0 Å². The van der Waals surface area contributed by atoms with E-state index in [1.54, 1.807) is 0 Å². The molecule has 2 amide bonds. The van der Waals surface area contributed by atoms with Crippen LogP contribution < -0.4 is 10.7 Å². The van der Waals surface area contributed by atoms with Crippen LogP contribution in [0, 0.1) is 13.8 Å². The van der Waals surface area contributed by atoms with Crippen LogP contribution in [-0.2, 0) is 16.1 Å². The van der Waals surface area contributed by atoms with E-state index in [0.29, 0.717) is 43.5 Å². The Morgan fingerprint density at radius 3 is 1.89 bits per heavy atom. The average molecular weight is 483 g/mol. The lowest BCUT2D eigenvalue weighted by atomic mass is 10.1. The first-order valence-electron chi connectivity index (χ1n) is 12.3. The lowest BCUT2D eigenvalue weighted by Crippen LogP contribution is -2.51. The smallest absolute Gasteiger partial charge is 0.242 e. The van der Waals surface area contributed by atoms with Gasteiger partial charge in [0, 0.05) is 42.6 Å². The highest BCUT2D eigenvalue weighted by atomic mass is 16.2. The number of aryl methyl sites for hydroxylation is 2. The summed E-state index contributed by atoms with van der Waals surface area (Å²) in [6.07, 6.45) is 0. The molecule has 7 nitrogen and oxygen atoms in total. The number of hydrogen-bond acceptors (Lipinski definition) is 4. The van der Waals surface area contributed by atoms with E-state index in [0.717, 1.165) is 27.8 Å². The Morgan fingerprint density at radius 2 is 1.31 bits per heavy atom. The number of nitrogens with one attached hydrogen (secondary N) is 1. The number of para-hydroxylation sites is 3. The molecule has 0 unspecified atom stereocenters. The van der Waals surface area contributed by atoms with Crippen molar-refractivity contribution >= 4 is 39.3 Å². The minimum atomic E-state index is -0.0432. The summed E-state index contributed by atoms with van der Waals surface area (Å²) in [5.74, 6) is -0.0352. The monoisotopic (exact) mass is 482 g/mol. The number of aromatic nitrogens is 1. The number of benzene rings is 3. The van der Waals surface area contributed by atoms with Gasteiger partial charge < -0.3 is 14.8 Å². The van der Waals surface area contributed by atoms with Crippen LogP contribution in [0.2, 0.25) is 0 Å². The summed E-state index contributed by atoms with van der Waals surface area (Å²) in [5.41, 5.74) is 4.46. The van der Waals surface area contributed by atoms with Gasteiger partial charge in [-0.05, 0) is 49.2 Å². The third kappa shape index (κ3) is 4.62. The lowest BCUT2D eigenvalue weighted by molar-refractivity contribution is -0.133. The average Bonchev–Trinajstić information content (AvgIpc) is 2.89. The highest BCUT2D eigenvalue weighted by Gasteiger charge is 2.24. The van der Waals surface area contributed by atoms with Gasteiger partial charge in [0.25, 0.3) is 0 Å². The van der Waals surface area contributed by atoms with Crippen LogP contribution in [0.1, 0.15) is 11.1 Å². The molecule has 184 valence electrons. The number of nitrogens with zero attached hydrogens (tertiary/aromatic N) is 3. The summed E-state index contributed by atoms with van der Waals surface area (Å²) in [4.78, 5) is 42.9. The van der Waals surface area contributed by atoms with Gasteiger partial charge in [-0.25, -0.2) is 0 Å². The maximum absolute atomic E-state index is 13.3. The topological polar surface area (TPSA) is 74.7 Å². The van der Waals surface area contributed by atoms with Gasteiger partial charge in [0.1, 0.15) is 6.54 Å². The Morgan fingerprint density at radius 1 is 0.750 bits per heavy atom. The standard InChI is InChI=1S/C29H30N4O3/c1-20-8-7-9-21(2)28(20)30-26(34)18-31-14-16-32(17-15-31)27(35)19-33-24-12-5-3-10-22(24)29(36)23-11-4-6-13-25(23)33/h3-13H,14-19H2,1-2H3,(H,30,34). The third-order valence-corrected chi connectivity index (χ3v) is 7.01. The number of carbonyl (C=O) groups is 2. The van der Waals surface area contributed by atoms with Gasteiger partial charge in [-0.1, -0.05) is 42.5 Å². The van der Waals surface area contributed by atoms with Crippen molar-refractivity contribution in [3.05, 3.63) is 88.1 Å². The fraction of sp³-hybridized carbons (Fsp3) is 0.276. The van der Waals surface area contributed by atoms with Crippen molar-refractivity contribution in [1.82, 2.24) is 14.4 Å². The first kappa shape index (κ1) is 23.8. The first-order valence-corrected chi connectivity index (χ1v) is 12.3. The number of pyridine rings is 1. The van der Waals surface area contributed by atoms with E-state index in [9.17, 15) is 14.4 Å². The molecule has 36 heavy (non-hydrogen) atoms. The number of amides is 2. The largest absolute Gasteiger partial charge is 0.339 e. The third-order valence-electron chi connectivity index (χ3n) is 7.01. The Bertz CT molecular complexity index is 1440. The predicted octanol–water partition coefficient (Wildman–Crippen LogP) is 3.55. The van der Waals surface area contributed by atoms with Gasteiger partial charge in [-0.2, -0.15) is 0 Å². The number of rotatable bonds is 5. The molecule has 5 rings (SSSR count). The zero-order valence-electron chi connectivity index (χ0n) is 20.7. The van der Waals surface area contributed by atoms with Crippen LogP contribution in [0.5, 0.6) is 0 Å². The van der Waals surface area contributed by atoms with E-state index in [-0.39, 0.29) is 23.8 Å². The van der Waals surface area contributed by atoms with Crippen LogP contribution in [-0.4, -0.2) is 58.9 Å². The Labute approximate surface area is 209 Å². The molecule has 1 aromatic heterocycles. The second-order valence-electron chi connectivity index (χ2n) is 9.42. The predicted molar refractivity (Wildman–Crippen MR) is 143 cm³/mol. The quantitative estimate of drug-likeness (QED) is 0.442. The fourth-order valence-electron chi connectivity index (χ4n) is 5.03. The molecule has 0 radical (unpaired) electrons. The number of piperazine rings is 1. The van der Waals surface area contributed by atoms with Gasteiger partial charge in [-0.3, -0.25) is 19.3 Å².